The second-order valence-corrected chi connectivity index (χ2v) is 6.61. The van der Waals surface area contributed by atoms with E-state index < -0.39 is 0 Å². The summed E-state index contributed by atoms with van der Waals surface area (Å²) in [7, 11) is 3.18. The lowest BCUT2D eigenvalue weighted by Gasteiger charge is -2.09. The summed E-state index contributed by atoms with van der Waals surface area (Å²) < 4.78 is 16.3. The summed E-state index contributed by atoms with van der Waals surface area (Å²) >= 11 is 5.96. The largest absolute Gasteiger partial charge is 0.493 e. The number of nitrogens with one attached hydrogen (secondary N) is 2. The van der Waals surface area contributed by atoms with Crippen LogP contribution in [0, 0.1) is 0 Å². The Balaban J connectivity index is 1.55. The standard InChI is InChI=1S/C19H19ClN4O3/c1-25-16-5-3-4-13(17(16)26-2)18-21-19(27-24-18)15-10-14(22-23-15)11-6-8-12(20)9-7-11/h3-9,14-15,22-23H,10H2,1-2H3. The van der Waals surface area contributed by atoms with Gasteiger partial charge in [-0.1, -0.05) is 35.0 Å². The van der Waals surface area contributed by atoms with E-state index in [2.05, 4.69) is 21.0 Å². The Hall–Kier alpha value is -2.61. The van der Waals surface area contributed by atoms with Crippen molar-refractivity contribution >= 4 is 11.6 Å². The van der Waals surface area contributed by atoms with Crippen molar-refractivity contribution < 1.29 is 14.0 Å². The summed E-state index contributed by atoms with van der Waals surface area (Å²) in [6.07, 6.45) is 0.776. The summed E-state index contributed by atoms with van der Waals surface area (Å²) in [5.74, 6) is 2.16. The van der Waals surface area contributed by atoms with Gasteiger partial charge in [-0.25, -0.2) is 10.9 Å². The third-order valence-corrected chi connectivity index (χ3v) is 4.81. The number of para-hydroxylation sites is 1. The minimum absolute atomic E-state index is 0.0940. The van der Waals surface area contributed by atoms with Crippen LogP contribution in [-0.2, 0) is 0 Å². The Labute approximate surface area is 161 Å². The van der Waals surface area contributed by atoms with Gasteiger partial charge in [0.1, 0.15) is 6.04 Å². The fraction of sp³-hybridized carbons (Fsp3) is 0.263. The van der Waals surface area contributed by atoms with Gasteiger partial charge in [0.15, 0.2) is 11.5 Å². The number of hydrazine groups is 1. The van der Waals surface area contributed by atoms with E-state index in [-0.39, 0.29) is 12.1 Å². The van der Waals surface area contributed by atoms with Crippen molar-refractivity contribution in [1.29, 1.82) is 0 Å². The highest BCUT2D eigenvalue weighted by molar-refractivity contribution is 6.30. The number of hydrogen-bond acceptors (Lipinski definition) is 7. The van der Waals surface area contributed by atoms with Gasteiger partial charge in [0.25, 0.3) is 0 Å². The zero-order valence-electron chi connectivity index (χ0n) is 14.9. The highest BCUT2D eigenvalue weighted by atomic mass is 35.5. The molecule has 0 radical (unpaired) electrons. The van der Waals surface area contributed by atoms with E-state index in [0.717, 1.165) is 17.0 Å². The Bertz CT molecular complexity index is 929. The van der Waals surface area contributed by atoms with E-state index >= 15 is 0 Å². The Morgan fingerprint density at radius 3 is 2.56 bits per heavy atom. The maximum Gasteiger partial charge on any atom is 0.245 e. The lowest BCUT2D eigenvalue weighted by atomic mass is 10.0. The first kappa shape index (κ1) is 17.8. The van der Waals surface area contributed by atoms with Crippen molar-refractivity contribution in [2.75, 3.05) is 14.2 Å². The molecule has 0 saturated carbocycles. The van der Waals surface area contributed by atoms with Gasteiger partial charge < -0.3 is 14.0 Å². The number of halogens is 1. The molecule has 2 unspecified atom stereocenters. The van der Waals surface area contributed by atoms with Gasteiger partial charge in [-0.3, -0.25) is 0 Å². The van der Waals surface area contributed by atoms with Crippen LogP contribution in [-0.4, -0.2) is 24.4 Å². The first-order chi connectivity index (χ1) is 13.2. The van der Waals surface area contributed by atoms with Crippen LogP contribution in [0.1, 0.15) is 30.0 Å². The lowest BCUT2D eigenvalue weighted by Crippen LogP contribution is -2.26. The molecular weight excluding hydrogens is 368 g/mol. The van der Waals surface area contributed by atoms with Crippen LogP contribution in [0.3, 0.4) is 0 Å². The van der Waals surface area contributed by atoms with Crippen molar-refractivity contribution in [2.45, 2.75) is 18.5 Å². The second kappa shape index (κ2) is 7.56. The Kier molecular flexibility index (Phi) is 4.98. The Morgan fingerprint density at radius 1 is 1.04 bits per heavy atom. The van der Waals surface area contributed by atoms with Crippen LogP contribution < -0.4 is 20.3 Å². The van der Waals surface area contributed by atoms with Gasteiger partial charge in [-0.05, 0) is 36.2 Å². The molecular formula is C19H19ClN4O3. The van der Waals surface area contributed by atoms with Crippen LogP contribution >= 0.6 is 11.6 Å². The SMILES string of the molecule is COc1cccc(-c2noc(C3CC(c4ccc(Cl)cc4)NN3)n2)c1OC. The molecule has 140 valence electrons. The van der Waals surface area contributed by atoms with E-state index in [0.29, 0.717) is 28.8 Å². The number of nitrogens with zero attached hydrogens (tertiary/aromatic N) is 2. The maximum absolute atomic E-state index is 5.96. The molecule has 0 amide bonds. The van der Waals surface area contributed by atoms with E-state index in [1.807, 2.05) is 42.5 Å². The van der Waals surface area contributed by atoms with Gasteiger partial charge in [-0.15, -0.1) is 0 Å². The molecule has 2 aromatic carbocycles. The third-order valence-electron chi connectivity index (χ3n) is 4.56. The average Bonchev–Trinajstić information content (AvgIpc) is 3.37. The molecule has 4 rings (SSSR count). The molecule has 1 aliphatic rings. The normalized spacial score (nSPS) is 19.2. The molecule has 1 aromatic heterocycles. The van der Waals surface area contributed by atoms with E-state index in [1.54, 1.807) is 14.2 Å². The molecule has 1 aliphatic heterocycles. The lowest BCUT2D eigenvalue weighted by molar-refractivity contribution is 0.339. The molecule has 7 nitrogen and oxygen atoms in total. The van der Waals surface area contributed by atoms with Crippen molar-refractivity contribution in [3.8, 4) is 22.9 Å². The van der Waals surface area contributed by atoms with E-state index in [1.165, 1.54) is 0 Å². The molecule has 27 heavy (non-hydrogen) atoms. The zero-order valence-corrected chi connectivity index (χ0v) is 15.7. The van der Waals surface area contributed by atoms with Crippen molar-refractivity contribution in [3.63, 3.8) is 0 Å². The van der Waals surface area contributed by atoms with Crippen LogP contribution in [0.2, 0.25) is 5.02 Å². The van der Waals surface area contributed by atoms with Gasteiger partial charge in [-0.2, -0.15) is 4.98 Å². The molecule has 0 bridgehead atoms. The van der Waals surface area contributed by atoms with Gasteiger partial charge in [0.05, 0.1) is 19.8 Å². The predicted molar refractivity (Wildman–Crippen MR) is 101 cm³/mol. The summed E-state index contributed by atoms with van der Waals surface area (Å²) in [5.41, 5.74) is 8.34. The molecule has 2 heterocycles. The second-order valence-electron chi connectivity index (χ2n) is 6.18. The quantitative estimate of drug-likeness (QED) is 0.692. The molecule has 0 spiro atoms. The first-order valence-electron chi connectivity index (χ1n) is 8.51. The minimum Gasteiger partial charge on any atom is -0.493 e. The first-order valence-corrected chi connectivity index (χ1v) is 8.89. The number of rotatable bonds is 5. The van der Waals surface area contributed by atoms with Crippen molar-refractivity contribution in [1.82, 2.24) is 21.0 Å². The molecule has 2 N–H and O–H groups in total. The van der Waals surface area contributed by atoms with Crippen LogP contribution in [0.15, 0.2) is 47.0 Å². The summed E-state index contributed by atoms with van der Waals surface area (Å²) in [4.78, 5) is 4.55. The summed E-state index contributed by atoms with van der Waals surface area (Å²) in [5, 5.41) is 4.84. The molecule has 3 aromatic rings. The molecule has 8 heteroatoms. The molecule has 0 aliphatic carbocycles. The van der Waals surface area contributed by atoms with Crippen LogP contribution in [0.4, 0.5) is 0 Å². The highest BCUT2D eigenvalue weighted by Crippen LogP contribution is 2.37. The maximum atomic E-state index is 5.96. The number of methoxy groups -OCH3 is 2. The number of benzene rings is 2. The number of ether oxygens (including phenoxy) is 2. The fourth-order valence-corrected chi connectivity index (χ4v) is 3.31. The number of aromatic nitrogens is 2. The molecule has 2 atom stereocenters. The van der Waals surface area contributed by atoms with Gasteiger partial charge in [0, 0.05) is 11.1 Å². The molecule has 1 fully saturated rings. The predicted octanol–water partition coefficient (Wildman–Crippen LogP) is 3.69. The van der Waals surface area contributed by atoms with E-state index in [9.17, 15) is 0 Å². The van der Waals surface area contributed by atoms with Crippen molar-refractivity contribution in [3.05, 3.63) is 58.9 Å². The third kappa shape index (κ3) is 3.49. The van der Waals surface area contributed by atoms with Crippen LogP contribution in [0.5, 0.6) is 11.5 Å². The topological polar surface area (TPSA) is 81.4 Å². The summed E-state index contributed by atoms with van der Waals surface area (Å²) in [6.45, 7) is 0. The zero-order chi connectivity index (χ0) is 18.8. The smallest absolute Gasteiger partial charge is 0.245 e. The van der Waals surface area contributed by atoms with Gasteiger partial charge in [0.2, 0.25) is 11.7 Å². The summed E-state index contributed by atoms with van der Waals surface area (Å²) in [6, 6.07) is 13.4. The Morgan fingerprint density at radius 2 is 1.81 bits per heavy atom. The fourth-order valence-electron chi connectivity index (χ4n) is 3.18. The van der Waals surface area contributed by atoms with Crippen LogP contribution in [0.25, 0.3) is 11.4 Å². The minimum atomic E-state index is -0.0940. The van der Waals surface area contributed by atoms with Crippen molar-refractivity contribution in [2.24, 2.45) is 0 Å². The monoisotopic (exact) mass is 386 g/mol. The molecule has 1 saturated heterocycles. The average molecular weight is 387 g/mol. The van der Waals surface area contributed by atoms with E-state index in [4.69, 9.17) is 25.6 Å². The highest BCUT2D eigenvalue weighted by Gasteiger charge is 2.30. The number of hydrogen-bond donors (Lipinski definition) is 2. The van der Waals surface area contributed by atoms with Gasteiger partial charge >= 0.3 is 0 Å².